The Morgan fingerprint density at radius 1 is 1.05 bits per heavy atom. The van der Waals surface area contributed by atoms with Gasteiger partial charge in [-0.1, -0.05) is 18.2 Å². The van der Waals surface area contributed by atoms with Gasteiger partial charge in [0.15, 0.2) is 0 Å². The summed E-state index contributed by atoms with van der Waals surface area (Å²) >= 11 is 0. The molecule has 2 aromatic heterocycles. The highest BCUT2D eigenvalue weighted by atomic mass is 16.5. The molecule has 0 aliphatic carbocycles. The van der Waals surface area contributed by atoms with E-state index in [4.69, 9.17) is 13.6 Å². The van der Waals surface area contributed by atoms with Gasteiger partial charge in [-0.3, -0.25) is 14.5 Å². The van der Waals surface area contributed by atoms with Crippen LogP contribution in [0.25, 0.3) is 22.3 Å². The van der Waals surface area contributed by atoms with Crippen molar-refractivity contribution in [2.45, 2.75) is 51.1 Å². The van der Waals surface area contributed by atoms with Crippen LogP contribution < -0.4 is 21.0 Å². The lowest BCUT2D eigenvalue weighted by Gasteiger charge is -2.36. The summed E-state index contributed by atoms with van der Waals surface area (Å²) in [5.74, 6) is 1.43. The van der Waals surface area contributed by atoms with Crippen LogP contribution in [0, 0.1) is 6.92 Å². The molecular weight excluding hydrogens is 522 g/mol. The number of nitrogens with zero attached hydrogens (tertiary/aromatic N) is 1. The van der Waals surface area contributed by atoms with Crippen LogP contribution in [0.2, 0.25) is 0 Å². The molecule has 4 heterocycles. The molecule has 0 spiro atoms. The summed E-state index contributed by atoms with van der Waals surface area (Å²) in [6, 6.07) is 16.7. The highest BCUT2D eigenvalue weighted by Gasteiger charge is 2.32. The number of hydrogen-bond donors (Lipinski definition) is 2. The van der Waals surface area contributed by atoms with Crippen molar-refractivity contribution in [1.82, 2.24) is 10.2 Å². The number of para-hydroxylation sites is 1. The van der Waals surface area contributed by atoms with E-state index in [0.717, 1.165) is 42.5 Å². The molecule has 9 heteroatoms. The number of amides is 2. The molecule has 0 radical (unpaired) electrons. The number of hydrogen-bond acceptors (Lipinski definition) is 7. The Balaban J connectivity index is 1.14. The van der Waals surface area contributed by atoms with Gasteiger partial charge in [0.05, 0.1) is 19.6 Å². The van der Waals surface area contributed by atoms with Crippen LogP contribution in [-0.2, 0) is 22.4 Å². The predicted octanol–water partition coefficient (Wildman–Crippen LogP) is 4.45. The summed E-state index contributed by atoms with van der Waals surface area (Å²) < 4.78 is 16.7. The average Bonchev–Trinajstić information content (AvgIpc) is 3.22. The van der Waals surface area contributed by atoms with E-state index in [1.54, 1.807) is 32.2 Å². The van der Waals surface area contributed by atoms with Gasteiger partial charge >= 0.3 is 5.63 Å². The standard InChI is InChI=1S/C32H33N3O6/c1-19-17-27-29(32(38)40-19)24(30(41-27)21-7-10-23(39-2)11-8-21)18-28(36)33-22-13-15-35(16-14-22)26-12-9-20-5-3-4-6-25(20)34-31(26)37/h3-8,10-11,17,22,26H,9,12-16,18H2,1-2H3,(H,33,36)(H,34,37). The average molecular weight is 556 g/mol. The first-order valence-corrected chi connectivity index (χ1v) is 14.0. The molecule has 0 saturated carbocycles. The van der Waals surface area contributed by atoms with Crippen molar-refractivity contribution in [3.63, 3.8) is 0 Å². The normalized spacial score (nSPS) is 18.0. The largest absolute Gasteiger partial charge is 0.497 e. The SMILES string of the molecule is COc1ccc(-c2oc3cc(C)oc(=O)c3c2CC(=O)NC2CCN(C3CCc4ccccc4NC3=O)CC2)cc1. The monoisotopic (exact) mass is 555 g/mol. The number of ether oxygens (including phenoxy) is 1. The second-order valence-corrected chi connectivity index (χ2v) is 10.8. The molecule has 1 unspecified atom stereocenters. The van der Waals surface area contributed by atoms with Gasteiger partial charge in [0.2, 0.25) is 11.8 Å². The quantitative estimate of drug-likeness (QED) is 0.361. The Morgan fingerprint density at radius 2 is 1.80 bits per heavy atom. The Hall–Kier alpha value is -4.37. The van der Waals surface area contributed by atoms with Crippen LogP contribution >= 0.6 is 0 Å². The first-order chi connectivity index (χ1) is 19.9. The van der Waals surface area contributed by atoms with Crippen LogP contribution in [0.1, 0.15) is 36.1 Å². The molecular formula is C32H33N3O6. The molecule has 1 fully saturated rings. The van der Waals surface area contributed by atoms with Crippen molar-refractivity contribution in [2.24, 2.45) is 0 Å². The zero-order chi connectivity index (χ0) is 28.5. The number of carbonyl (C=O) groups is 2. The highest BCUT2D eigenvalue weighted by molar-refractivity contribution is 5.96. The molecule has 2 N–H and O–H groups in total. The van der Waals surface area contributed by atoms with Crippen molar-refractivity contribution in [3.05, 3.63) is 81.9 Å². The van der Waals surface area contributed by atoms with Gasteiger partial charge in [-0.15, -0.1) is 0 Å². The zero-order valence-electron chi connectivity index (χ0n) is 23.2. The fourth-order valence-electron chi connectivity index (χ4n) is 6.01. The third-order valence-electron chi connectivity index (χ3n) is 8.12. The molecule has 9 nitrogen and oxygen atoms in total. The smallest absolute Gasteiger partial charge is 0.347 e. The fourth-order valence-corrected chi connectivity index (χ4v) is 6.01. The van der Waals surface area contributed by atoms with Crippen LogP contribution in [0.5, 0.6) is 5.75 Å². The Morgan fingerprint density at radius 3 is 2.56 bits per heavy atom. The van der Waals surface area contributed by atoms with E-state index in [-0.39, 0.29) is 35.7 Å². The number of furan rings is 1. The molecule has 4 aromatic rings. The Labute approximate surface area is 237 Å². The van der Waals surface area contributed by atoms with Gasteiger partial charge in [-0.2, -0.15) is 0 Å². The number of carbonyl (C=O) groups excluding carboxylic acids is 2. The maximum atomic E-state index is 13.3. The number of benzene rings is 2. The van der Waals surface area contributed by atoms with Crippen LogP contribution in [0.15, 0.2) is 68.2 Å². The second-order valence-electron chi connectivity index (χ2n) is 10.8. The van der Waals surface area contributed by atoms with Gasteiger partial charge in [0.25, 0.3) is 0 Å². The van der Waals surface area contributed by atoms with Crippen molar-refractivity contribution in [1.29, 1.82) is 0 Å². The molecule has 2 aliphatic rings. The minimum absolute atomic E-state index is 0.0221. The van der Waals surface area contributed by atoms with Crippen molar-refractivity contribution in [3.8, 4) is 17.1 Å². The van der Waals surface area contributed by atoms with Gasteiger partial charge < -0.3 is 24.2 Å². The molecule has 1 saturated heterocycles. The number of methoxy groups -OCH3 is 1. The minimum Gasteiger partial charge on any atom is -0.497 e. The molecule has 2 aliphatic heterocycles. The number of nitrogens with one attached hydrogen (secondary N) is 2. The first-order valence-electron chi connectivity index (χ1n) is 14.0. The van der Waals surface area contributed by atoms with E-state index in [1.807, 2.05) is 30.3 Å². The molecule has 0 bridgehead atoms. The van der Waals surface area contributed by atoms with Gasteiger partial charge in [0.1, 0.15) is 28.2 Å². The van der Waals surface area contributed by atoms with Gasteiger partial charge in [0, 0.05) is 42.0 Å². The number of aryl methyl sites for hydroxylation is 2. The Kier molecular flexibility index (Phi) is 7.36. The second kappa shape index (κ2) is 11.2. The van der Waals surface area contributed by atoms with E-state index >= 15 is 0 Å². The van der Waals surface area contributed by atoms with Crippen molar-refractivity contribution in [2.75, 3.05) is 25.5 Å². The summed E-state index contributed by atoms with van der Waals surface area (Å²) in [6.45, 7) is 3.12. The summed E-state index contributed by atoms with van der Waals surface area (Å²) in [4.78, 5) is 41.3. The highest BCUT2D eigenvalue weighted by Crippen LogP contribution is 2.34. The van der Waals surface area contributed by atoms with E-state index < -0.39 is 5.63 Å². The van der Waals surface area contributed by atoms with E-state index in [2.05, 4.69) is 21.6 Å². The third kappa shape index (κ3) is 5.50. The first kappa shape index (κ1) is 26.8. The summed E-state index contributed by atoms with van der Waals surface area (Å²) in [6.07, 6.45) is 3.07. The maximum Gasteiger partial charge on any atom is 0.347 e. The van der Waals surface area contributed by atoms with Crippen LogP contribution in [-0.4, -0.2) is 49.0 Å². The molecule has 1 atom stereocenters. The van der Waals surface area contributed by atoms with Crippen molar-refractivity contribution >= 4 is 28.5 Å². The third-order valence-corrected chi connectivity index (χ3v) is 8.12. The van der Waals surface area contributed by atoms with E-state index in [0.29, 0.717) is 41.5 Å². The molecule has 6 rings (SSSR count). The van der Waals surface area contributed by atoms with Crippen LogP contribution in [0.3, 0.4) is 0 Å². The van der Waals surface area contributed by atoms with Crippen molar-refractivity contribution < 1.29 is 23.2 Å². The summed E-state index contributed by atoms with van der Waals surface area (Å²) in [5.41, 5.74) is 3.16. The lowest BCUT2D eigenvalue weighted by molar-refractivity contribution is -0.123. The lowest BCUT2D eigenvalue weighted by Crippen LogP contribution is -2.51. The predicted molar refractivity (Wildman–Crippen MR) is 155 cm³/mol. The molecule has 41 heavy (non-hydrogen) atoms. The van der Waals surface area contributed by atoms with Gasteiger partial charge in [-0.05, 0) is 68.5 Å². The number of piperidine rings is 1. The molecule has 2 amide bonds. The number of fused-ring (bicyclic) bond motifs is 2. The molecule has 212 valence electrons. The minimum atomic E-state index is -0.525. The van der Waals surface area contributed by atoms with Gasteiger partial charge in [-0.25, -0.2) is 4.79 Å². The molecule has 2 aromatic carbocycles. The lowest BCUT2D eigenvalue weighted by atomic mass is 9.99. The zero-order valence-corrected chi connectivity index (χ0v) is 23.2. The fraction of sp³-hybridized carbons (Fsp3) is 0.344. The summed E-state index contributed by atoms with van der Waals surface area (Å²) in [7, 11) is 1.59. The van der Waals surface area contributed by atoms with Crippen LogP contribution in [0.4, 0.5) is 5.69 Å². The summed E-state index contributed by atoms with van der Waals surface area (Å²) in [5, 5.41) is 6.52. The van der Waals surface area contributed by atoms with E-state index in [1.165, 1.54) is 0 Å². The van der Waals surface area contributed by atoms with E-state index in [9.17, 15) is 14.4 Å². The topological polar surface area (TPSA) is 114 Å². The number of likely N-dealkylation sites (tertiary alicyclic amines) is 1. The number of anilines is 1. The Bertz CT molecular complexity index is 1650. The number of rotatable bonds is 6. The maximum absolute atomic E-state index is 13.3.